The average Bonchev–Trinajstić information content (AvgIpc) is 2.26. The Labute approximate surface area is 103 Å². The van der Waals surface area contributed by atoms with Crippen molar-refractivity contribution in [2.24, 2.45) is 0 Å². The largest absolute Gasteiger partial charge is 0.491 e. The zero-order valence-corrected chi connectivity index (χ0v) is 11.1. The summed E-state index contributed by atoms with van der Waals surface area (Å²) in [6.07, 6.45) is 0.0837. The van der Waals surface area contributed by atoms with Crippen LogP contribution in [0.15, 0.2) is 18.2 Å². The van der Waals surface area contributed by atoms with Crippen molar-refractivity contribution in [1.82, 2.24) is 0 Å². The fourth-order valence-corrected chi connectivity index (χ4v) is 1.61. The summed E-state index contributed by atoms with van der Waals surface area (Å²) in [6.45, 7) is 8.13. The molecule has 0 unspecified atom stereocenters. The molecule has 0 spiro atoms. The Morgan fingerprint density at radius 1 is 1.18 bits per heavy atom. The number of benzene rings is 1. The lowest BCUT2D eigenvalue weighted by atomic mass is 10.00. The van der Waals surface area contributed by atoms with Crippen LogP contribution in [0.1, 0.15) is 49.5 Å². The Morgan fingerprint density at radius 3 is 2.29 bits per heavy atom. The Morgan fingerprint density at radius 2 is 1.82 bits per heavy atom. The molecule has 1 rings (SSSR count). The van der Waals surface area contributed by atoms with Gasteiger partial charge in [-0.2, -0.15) is 0 Å². The molecular formula is C14H20O3. The standard InChI is InChI=1S/C14H20O3/c1-9(2)12-7-6-11(14(15)16-5)8-13(12)17-10(3)4/h6-10H,1-5H3. The Kier molecular flexibility index (Phi) is 4.55. The van der Waals surface area contributed by atoms with Crippen molar-refractivity contribution in [1.29, 1.82) is 0 Å². The van der Waals surface area contributed by atoms with Gasteiger partial charge in [-0.05, 0) is 37.5 Å². The zero-order chi connectivity index (χ0) is 13.0. The van der Waals surface area contributed by atoms with Gasteiger partial charge in [-0.15, -0.1) is 0 Å². The lowest BCUT2D eigenvalue weighted by Gasteiger charge is -2.17. The van der Waals surface area contributed by atoms with Crippen molar-refractivity contribution >= 4 is 5.97 Å². The predicted molar refractivity (Wildman–Crippen MR) is 67.6 cm³/mol. The summed E-state index contributed by atoms with van der Waals surface area (Å²) in [5.41, 5.74) is 1.62. The molecule has 0 saturated heterocycles. The van der Waals surface area contributed by atoms with Crippen LogP contribution in [0.5, 0.6) is 5.75 Å². The highest BCUT2D eigenvalue weighted by atomic mass is 16.5. The maximum Gasteiger partial charge on any atom is 0.337 e. The zero-order valence-electron chi connectivity index (χ0n) is 11.1. The third-order valence-corrected chi connectivity index (χ3v) is 2.42. The minimum Gasteiger partial charge on any atom is -0.491 e. The predicted octanol–water partition coefficient (Wildman–Crippen LogP) is 3.38. The summed E-state index contributed by atoms with van der Waals surface area (Å²) >= 11 is 0. The van der Waals surface area contributed by atoms with E-state index in [0.29, 0.717) is 11.5 Å². The van der Waals surface area contributed by atoms with Crippen molar-refractivity contribution in [3.05, 3.63) is 29.3 Å². The van der Waals surface area contributed by atoms with Crippen LogP contribution in [-0.4, -0.2) is 19.2 Å². The van der Waals surface area contributed by atoms with Crippen LogP contribution < -0.4 is 4.74 Å². The average molecular weight is 236 g/mol. The SMILES string of the molecule is COC(=O)c1ccc(C(C)C)c(OC(C)C)c1. The molecule has 0 heterocycles. The highest BCUT2D eigenvalue weighted by Crippen LogP contribution is 2.28. The Balaban J connectivity index is 3.14. The van der Waals surface area contributed by atoms with Crippen molar-refractivity contribution in [3.63, 3.8) is 0 Å². The fourth-order valence-electron chi connectivity index (χ4n) is 1.61. The normalized spacial score (nSPS) is 10.8. The van der Waals surface area contributed by atoms with Crippen molar-refractivity contribution < 1.29 is 14.3 Å². The molecule has 1 aromatic rings. The quantitative estimate of drug-likeness (QED) is 0.752. The van der Waals surface area contributed by atoms with Crippen LogP contribution in [0.2, 0.25) is 0 Å². The number of rotatable bonds is 4. The van der Waals surface area contributed by atoms with Gasteiger partial charge in [0.1, 0.15) is 5.75 Å². The van der Waals surface area contributed by atoms with Crippen LogP contribution in [0.4, 0.5) is 0 Å². The van der Waals surface area contributed by atoms with E-state index in [1.165, 1.54) is 7.11 Å². The molecule has 0 atom stereocenters. The van der Waals surface area contributed by atoms with Gasteiger partial charge in [-0.3, -0.25) is 0 Å². The van der Waals surface area contributed by atoms with Gasteiger partial charge in [0, 0.05) is 0 Å². The topological polar surface area (TPSA) is 35.5 Å². The molecule has 94 valence electrons. The molecule has 0 radical (unpaired) electrons. The first-order valence-electron chi connectivity index (χ1n) is 5.84. The van der Waals surface area contributed by atoms with Gasteiger partial charge in [-0.1, -0.05) is 19.9 Å². The first-order valence-corrected chi connectivity index (χ1v) is 5.84. The molecule has 0 amide bonds. The van der Waals surface area contributed by atoms with Gasteiger partial charge in [0.2, 0.25) is 0 Å². The molecule has 0 fully saturated rings. The molecule has 0 aliphatic carbocycles. The number of methoxy groups -OCH3 is 1. The third-order valence-electron chi connectivity index (χ3n) is 2.42. The van der Waals surface area contributed by atoms with Crippen LogP contribution in [0.3, 0.4) is 0 Å². The lowest BCUT2D eigenvalue weighted by Crippen LogP contribution is -2.10. The van der Waals surface area contributed by atoms with Gasteiger partial charge in [0.25, 0.3) is 0 Å². The van der Waals surface area contributed by atoms with Gasteiger partial charge in [0.15, 0.2) is 0 Å². The maximum atomic E-state index is 11.5. The summed E-state index contributed by atoms with van der Waals surface area (Å²) in [5.74, 6) is 0.780. The fraction of sp³-hybridized carbons (Fsp3) is 0.500. The van der Waals surface area contributed by atoms with Crippen LogP contribution in [0, 0.1) is 0 Å². The van der Waals surface area contributed by atoms with Crippen molar-refractivity contribution in [3.8, 4) is 5.75 Å². The molecule has 0 N–H and O–H groups in total. The van der Waals surface area contributed by atoms with E-state index in [9.17, 15) is 4.79 Å². The van der Waals surface area contributed by atoms with E-state index in [1.54, 1.807) is 12.1 Å². The third kappa shape index (κ3) is 3.48. The Bertz CT molecular complexity index is 394. The van der Waals surface area contributed by atoms with E-state index in [0.717, 1.165) is 11.3 Å². The van der Waals surface area contributed by atoms with E-state index in [1.807, 2.05) is 19.9 Å². The van der Waals surface area contributed by atoms with E-state index >= 15 is 0 Å². The number of esters is 1. The first-order chi connectivity index (χ1) is 7.95. The number of carbonyl (C=O) groups excluding carboxylic acids is 1. The molecule has 3 nitrogen and oxygen atoms in total. The Hall–Kier alpha value is -1.51. The molecule has 0 aliphatic rings. The highest BCUT2D eigenvalue weighted by molar-refractivity contribution is 5.89. The summed E-state index contributed by atoms with van der Waals surface area (Å²) in [4.78, 5) is 11.5. The molecule has 17 heavy (non-hydrogen) atoms. The van der Waals surface area contributed by atoms with E-state index in [2.05, 4.69) is 13.8 Å². The lowest BCUT2D eigenvalue weighted by molar-refractivity contribution is 0.0600. The van der Waals surface area contributed by atoms with Crippen LogP contribution in [0.25, 0.3) is 0 Å². The monoisotopic (exact) mass is 236 g/mol. The van der Waals surface area contributed by atoms with Crippen molar-refractivity contribution in [2.45, 2.75) is 39.7 Å². The summed E-state index contributed by atoms with van der Waals surface area (Å²) < 4.78 is 10.4. The molecule has 1 aromatic carbocycles. The van der Waals surface area contributed by atoms with Crippen molar-refractivity contribution in [2.75, 3.05) is 7.11 Å². The number of hydrogen-bond donors (Lipinski definition) is 0. The summed E-state index contributed by atoms with van der Waals surface area (Å²) in [5, 5.41) is 0. The molecule has 0 bridgehead atoms. The second kappa shape index (κ2) is 5.71. The molecule has 0 saturated carbocycles. The number of hydrogen-bond acceptors (Lipinski definition) is 3. The molecule has 0 aromatic heterocycles. The molecule has 3 heteroatoms. The summed E-state index contributed by atoms with van der Waals surface area (Å²) in [7, 11) is 1.38. The smallest absolute Gasteiger partial charge is 0.337 e. The second-order valence-corrected chi connectivity index (χ2v) is 4.57. The maximum absolute atomic E-state index is 11.5. The number of carbonyl (C=O) groups is 1. The molecule has 0 aliphatic heterocycles. The van der Waals surface area contributed by atoms with Gasteiger partial charge >= 0.3 is 5.97 Å². The minimum absolute atomic E-state index is 0.0837. The minimum atomic E-state index is -0.339. The van der Waals surface area contributed by atoms with Gasteiger partial charge < -0.3 is 9.47 Å². The highest BCUT2D eigenvalue weighted by Gasteiger charge is 2.13. The van der Waals surface area contributed by atoms with E-state index in [-0.39, 0.29) is 12.1 Å². The van der Waals surface area contributed by atoms with Crippen LogP contribution >= 0.6 is 0 Å². The van der Waals surface area contributed by atoms with E-state index in [4.69, 9.17) is 9.47 Å². The summed E-state index contributed by atoms with van der Waals surface area (Å²) in [6, 6.07) is 5.45. The second-order valence-electron chi connectivity index (χ2n) is 4.57. The first kappa shape index (κ1) is 13.6. The van der Waals surface area contributed by atoms with Gasteiger partial charge in [-0.25, -0.2) is 4.79 Å². The van der Waals surface area contributed by atoms with E-state index < -0.39 is 0 Å². The van der Waals surface area contributed by atoms with Crippen LogP contribution in [-0.2, 0) is 4.74 Å². The van der Waals surface area contributed by atoms with Gasteiger partial charge in [0.05, 0.1) is 18.8 Å². The molecular weight excluding hydrogens is 216 g/mol. The number of ether oxygens (including phenoxy) is 2.